The van der Waals surface area contributed by atoms with Crippen molar-refractivity contribution in [1.29, 1.82) is 0 Å². The summed E-state index contributed by atoms with van der Waals surface area (Å²) in [4.78, 5) is 6.28. The van der Waals surface area contributed by atoms with E-state index in [1.807, 2.05) is 12.1 Å². The Morgan fingerprint density at radius 2 is 2.04 bits per heavy atom. The normalized spacial score (nSPS) is 18.7. The van der Waals surface area contributed by atoms with Gasteiger partial charge in [-0.25, -0.2) is 12.8 Å². The summed E-state index contributed by atoms with van der Waals surface area (Å²) in [5.41, 5.74) is 1.15. The summed E-state index contributed by atoms with van der Waals surface area (Å²) in [7, 11) is -3.76. The number of rotatable bonds is 6. The van der Waals surface area contributed by atoms with Gasteiger partial charge in [0.2, 0.25) is 10.0 Å². The molecular formula is C19H23ClFN3O2S. The smallest absolute Gasteiger partial charge is 0.244 e. The van der Waals surface area contributed by atoms with Gasteiger partial charge in [-0.05, 0) is 55.3 Å². The molecule has 0 saturated carbocycles. The molecule has 1 unspecified atom stereocenters. The largest absolute Gasteiger partial charge is 0.295 e. The Morgan fingerprint density at radius 1 is 1.30 bits per heavy atom. The minimum Gasteiger partial charge on any atom is -0.295 e. The van der Waals surface area contributed by atoms with Crippen LogP contribution in [0.1, 0.15) is 25.3 Å². The highest BCUT2D eigenvalue weighted by Crippen LogP contribution is 2.28. The van der Waals surface area contributed by atoms with Crippen LogP contribution in [0.15, 0.2) is 47.6 Å². The Kier molecular flexibility index (Phi) is 6.47. The van der Waals surface area contributed by atoms with Crippen molar-refractivity contribution in [3.8, 4) is 0 Å². The van der Waals surface area contributed by atoms with Gasteiger partial charge in [0.05, 0.1) is 5.02 Å². The van der Waals surface area contributed by atoms with Crippen LogP contribution in [0.25, 0.3) is 0 Å². The Bertz CT molecular complexity index is 880. The quantitative estimate of drug-likeness (QED) is 0.729. The van der Waals surface area contributed by atoms with Crippen molar-refractivity contribution in [3.63, 3.8) is 0 Å². The van der Waals surface area contributed by atoms with E-state index >= 15 is 0 Å². The number of nitrogens with zero attached hydrogens (tertiary/aromatic N) is 3. The van der Waals surface area contributed by atoms with Gasteiger partial charge in [0.1, 0.15) is 10.7 Å². The van der Waals surface area contributed by atoms with Gasteiger partial charge < -0.3 is 0 Å². The molecule has 146 valence electrons. The molecule has 2 heterocycles. The summed E-state index contributed by atoms with van der Waals surface area (Å²) < 4.78 is 40.8. The van der Waals surface area contributed by atoms with E-state index in [0.29, 0.717) is 13.1 Å². The lowest BCUT2D eigenvalue weighted by atomic mass is 10.1. The number of piperidine rings is 1. The summed E-state index contributed by atoms with van der Waals surface area (Å²) in [6.45, 7) is 4.48. The van der Waals surface area contributed by atoms with E-state index in [-0.39, 0.29) is 16.0 Å². The molecule has 0 amide bonds. The van der Waals surface area contributed by atoms with Crippen molar-refractivity contribution >= 4 is 21.6 Å². The fraction of sp³-hybridized carbons (Fsp3) is 0.421. The highest BCUT2D eigenvalue weighted by Gasteiger charge is 2.33. The number of benzene rings is 1. The lowest BCUT2D eigenvalue weighted by Crippen LogP contribution is -2.49. The minimum absolute atomic E-state index is 0.0385. The first-order valence-corrected chi connectivity index (χ1v) is 10.8. The number of pyridine rings is 1. The molecule has 5 nitrogen and oxygen atoms in total. The van der Waals surface area contributed by atoms with E-state index in [0.717, 1.165) is 43.6 Å². The van der Waals surface area contributed by atoms with Crippen molar-refractivity contribution in [2.45, 2.75) is 37.2 Å². The van der Waals surface area contributed by atoms with Crippen LogP contribution in [0, 0.1) is 5.82 Å². The van der Waals surface area contributed by atoms with E-state index in [2.05, 4.69) is 16.8 Å². The van der Waals surface area contributed by atoms with Crippen molar-refractivity contribution in [3.05, 3.63) is 59.1 Å². The van der Waals surface area contributed by atoms with Gasteiger partial charge in [0, 0.05) is 38.1 Å². The number of sulfonamides is 1. The molecule has 0 bridgehead atoms. The lowest BCUT2D eigenvalue weighted by Gasteiger charge is -2.38. The standard InChI is InChI=1S/C19H23ClFN3O2S/c1-2-23(13-15-7-9-22-10-8-15)17-4-3-11-24(14-17)27(25,26)19-6-5-16(21)12-18(19)20/h5-10,12,17H,2-4,11,13-14H2,1H3. The molecule has 2 aromatic rings. The van der Waals surface area contributed by atoms with Crippen LogP contribution in [-0.2, 0) is 16.6 Å². The Hall–Kier alpha value is -1.54. The zero-order chi connectivity index (χ0) is 19.4. The number of hydrogen-bond acceptors (Lipinski definition) is 4. The first-order valence-electron chi connectivity index (χ1n) is 9.00. The van der Waals surface area contributed by atoms with E-state index in [1.54, 1.807) is 12.4 Å². The molecule has 0 radical (unpaired) electrons. The van der Waals surface area contributed by atoms with Crippen LogP contribution in [0.4, 0.5) is 4.39 Å². The fourth-order valence-electron chi connectivity index (χ4n) is 3.48. The molecule has 3 rings (SSSR count). The van der Waals surface area contributed by atoms with Gasteiger partial charge in [-0.2, -0.15) is 4.31 Å². The van der Waals surface area contributed by atoms with Gasteiger partial charge >= 0.3 is 0 Å². The third kappa shape index (κ3) is 4.66. The lowest BCUT2D eigenvalue weighted by molar-refractivity contribution is 0.134. The zero-order valence-corrected chi connectivity index (χ0v) is 16.8. The number of aromatic nitrogens is 1. The maximum absolute atomic E-state index is 13.3. The predicted octanol–water partition coefficient (Wildman–Crippen LogP) is 3.55. The minimum atomic E-state index is -3.76. The number of likely N-dealkylation sites (N-methyl/N-ethyl adjacent to an activating group) is 1. The van der Waals surface area contributed by atoms with E-state index in [1.165, 1.54) is 10.4 Å². The van der Waals surface area contributed by atoms with E-state index < -0.39 is 15.8 Å². The summed E-state index contributed by atoms with van der Waals surface area (Å²) in [5.74, 6) is -0.551. The highest BCUT2D eigenvalue weighted by atomic mass is 35.5. The van der Waals surface area contributed by atoms with Gasteiger partial charge in [-0.1, -0.05) is 18.5 Å². The molecule has 0 N–H and O–H groups in total. The topological polar surface area (TPSA) is 53.5 Å². The molecule has 1 aliphatic rings. The first kappa shape index (κ1) is 20.2. The molecule has 1 aliphatic heterocycles. The van der Waals surface area contributed by atoms with Crippen LogP contribution >= 0.6 is 11.6 Å². The first-order chi connectivity index (χ1) is 12.9. The summed E-state index contributed by atoms with van der Waals surface area (Å²) in [6.07, 6.45) is 5.23. The maximum atomic E-state index is 13.3. The average molecular weight is 412 g/mol. The highest BCUT2D eigenvalue weighted by molar-refractivity contribution is 7.89. The van der Waals surface area contributed by atoms with Gasteiger partial charge in [-0.3, -0.25) is 9.88 Å². The number of halogens is 2. The molecule has 27 heavy (non-hydrogen) atoms. The fourth-order valence-corrected chi connectivity index (χ4v) is 5.50. The van der Waals surface area contributed by atoms with E-state index in [4.69, 9.17) is 11.6 Å². The van der Waals surface area contributed by atoms with Gasteiger partial charge in [0.25, 0.3) is 0 Å². The molecule has 1 aromatic heterocycles. The van der Waals surface area contributed by atoms with E-state index in [9.17, 15) is 12.8 Å². The number of hydrogen-bond donors (Lipinski definition) is 0. The average Bonchev–Trinajstić information content (AvgIpc) is 2.66. The van der Waals surface area contributed by atoms with Crippen molar-refractivity contribution < 1.29 is 12.8 Å². The second kappa shape index (κ2) is 8.65. The van der Waals surface area contributed by atoms with Crippen LogP contribution in [0.2, 0.25) is 5.02 Å². The maximum Gasteiger partial charge on any atom is 0.244 e. The second-order valence-corrected chi connectivity index (χ2v) is 8.97. The van der Waals surface area contributed by atoms with Crippen molar-refractivity contribution in [2.24, 2.45) is 0 Å². The Balaban J connectivity index is 1.78. The van der Waals surface area contributed by atoms with Gasteiger partial charge in [0.15, 0.2) is 0 Å². The molecule has 8 heteroatoms. The molecular weight excluding hydrogens is 389 g/mol. The van der Waals surface area contributed by atoms with Crippen LogP contribution in [0.5, 0.6) is 0 Å². The Labute approximate surface area is 164 Å². The van der Waals surface area contributed by atoms with Gasteiger partial charge in [-0.15, -0.1) is 0 Å². The summed E-state index contributed by atoms with van der Waals surface area (Å²) >= 11 is 6.00. The third-order valence-electron chi connectivity index (χ3n) is 4.93. The molecule has 1 atom stereocenters. The molecule has 1 saturated heterocycles. The van der Waals surface area contributed by atoms with Crippen LogP contribution in [0.3, 0.4) is 0 Å². The van der Waals surface area contributed by atoms with Crippen molar-refractivity contribution in [1.82, 2.24) is 14.2 Å². The SMILES string of the molecule is CCN(Cc1ccncc1)C1CCCN(S(=O)(=O)c2ccc(F)cc2Cl)C1. The molecule has 0 aliphatic carbocycles. The molecule has 1 fully saturated rings. The third-order valence-corrected chi connectivity index (χ3v) is 7.28. The monoisotopic (exact) mass is 411 g/mol. The Morgan fingerprint density at radius 3 is 2.70 bits per heavy atom. The van der Waals surface area contributed by atoms with Crippen LogP contribution in [-0.4, -0.2) is 48.3 Å². The van der Waals surface area contributed by atoms with Crippen LogP contribution < -0.4 is 0 Å². The zero-order valence-electron chi connectivity index (χ0n) is 15.2. The second-order valence-electron chi connectivity index (χ2n) is 6.65. The molecule has 0 spiro atoms. The van der Waals surface area contributed by atoms with Crippen molar-refractivity contribution in [2.75, 3.05) is 19.6 Å². The predicted molar refractivity (Wildman–Crippen MR) is 104 cm³/mol. The molecule has 1 aromatic carbocycles. The summed E-state index contributed by atoms with van der Waals surface area (Å²) in [6, 6.07) is 7.47. The summed E-state index contributed by atoms with van der Waals surface area (Å²) in [5, 5.41) is -0.0822.